The molecule has 2 heterocycles. The molecule has 2 aromatic carbocycles. The summed E-state index contributed by atoms with van der Waals surface area (Å²) in [5.74, 6) is 0.543. The van der Waals surface area contributed by atoms with Gasteiger partial charge in [-0.25, -0.2) is 0 Å². The Bertz CT molecular complexity index is 986. The molecule has 1 aromatic heterocycles. The lowest BCUT2D eigenvalue weighted by atomic mass is 10.0. The number of benzene rings is 2. The van der Waals surface area contributed by atoms with E-state index in [4.69, 9.17) is 0 Å². The van der Waals surface area contributed by atoms with Crippen LogP contribution in [-0.2, 0) is 6.54 Å². The van der Waals surface area contributed by atoms with E-state index in [9.17, 15) is 9.59 Å². The maximum Gasteiger partial charge on any atom is 0.260 e. The van der Waals surface area contributed by atoms with Gasteiger partial charge >= 0.3 is 0 Å². The van der Waals surface area contributed by atoms with Crippen LogP contribution >= 0.6 is 0 Å². The van der Waals surface area contributed by atoms with E-state index in [-0.39, 0.29) is 11.3 Å². The van der Waals surface area contributed by atoms with Gasteiger partial charge in [-0.1, -0.05) is 36.4 Å². The molecular weight excluding hydrogens is 276 g/mol. The fraction of sp³-hybridized carbons (Fsp3) is 0.111. The van der Waals surface area contributed by atoms with Crippen molar-refractivity contribution < 1.29 is 4.79 Å². The van der Waals surface area contributed by atoms with E-state index in [1.54, 1.807) is 10.6 Å². The zero-order chi connectivity index (χ0) is 15.3. The molecule has 3 aromatic rings. The molecule has 4 heteroatoms. The highest BCUT2D eigenvalue weighted by molar-refractivity contribution is 6.11. The lowest BCUT2D eigenvalue weighted by Gasteiger charge is -2.25. The molecule has 0 fully saturated rings. The number of anilines is 2. The Morgan fingerprint density at radius 2 is 1.73 bits per heavy atom. The van der Waals surface area contributed by atoms with Crippen molar-refractivity contribution in [2.24, 2.45) is 0 Å². The number of carbonyl (C=O) groups is 1. The van der Waals surface area contributed by atoms with Crippen LogP contribution in [0.25, 0.3) is 10.8 Å². The van der Waals surface area contributed by atoms with E-state index in [0.717, 1.165) is 11.3 Å². The summed E-state index contributed by atoms with van der Waals surface area (Å²) >= 11 is 0. The molecule has 108 valence electrons. The minimum absolute atomic E-state index is 0.0492. The molecule has 0 spiro atoms. The van der Waals surface area contributed by atoms with Gasteiger partial charge in [0, 0.05) is 16.5 Å². The predicted octanol–water partition coefficient (Wildman–Crippen LogP) is 3.31. The van der Waals surface area contributed by atoms with E-state index in [0.29, 0.717) is 28.7 Å². The van der Waals surface area contributed by atoms with E-state index in [2.05, 4.69) is 5.32 Å². The maximum absolute atomic E-state index is 12.8. The lowest BCUT2D eigenvalue weighted by molar-refractivity contribution is 0.101. The fourth-order valence-electron chi connectivity index (χ4n) is 3.11. The molecule has 0 amide bonds. The predicted molar refractivity (Wildman–Crippen MR) is 87.0 cm³/mol. The summed E-state index contributed by atoms with van der Waals surface area (Å²) in [7, 11) is 0. The van der Waals surface area contributed by atoms with Crippen molar-refractivity contribution in [1.29, 1.82) is 0 Å². The number of fused-ring (bicyclic) bond motifs is 3. The van der Waals surface area contributed by atoms with Gasteiger partial charge < -0.3 is 5.32 Å². The summed E-state index contributed by atoms with van der Waals surface area (Å²) in [5, 5.41) is 4.55. The molecule has 0 atom stereocenters. The average molecular weight is 290 g/mol. The van der Waals surface area contributed by atoms with Crippen molar-refractivity contribution in [2.45, 2.75) is 13.5 Å². The molecule has 4 rings (SSSR count). The first-order chi connectivity index (χ1) is 10.7. The Morgan fingerprint density at radius 1 is 1.05 bits per heavy atom. The molecule has 0 aliphatic carbocycles. The zero-order valence-electron chi connectivity index (χ0n) is 12.1. The van der Waals surface area contributed by atoms with Crippen LogP contribution in [0, 0.1) is 0 Å². The first-order valence-electron chi connectivity index (χ1n) is 7.18. The maximum atomic E-state index is 12.8. The van der Waals surface area contributed by atoms with Gasteiger partial charge in [0.15, 0.2) is 5.78 Å². The minimum Gasteiger partial charge on any atom is -0.341 e. The third-order valence-corrected chi connectivity index (χ3v) is 4.13. The first kappa shape index (κ1) is 12.8. The summed E-state index contributed by atoms with van der Waals surface area (Å²) in [6.45, 7) is 2.01. The number of para-hydroxylation sites is 1. The van der Waals surface area contributed by atoms with E-state index in [1.165, 1.54) is 6.92 Å². The van der Waals surface area contributed by atoms with Crippen LogP contribution < -0.4 is 10.9 Å². The molecule has 0 saturated carbocycles. The Balaban J connectivity index is 2.12. The number of ketones is 1. The second-order valence-corrected chi connectivity index (χ2v) is 5.50. The number of aromatic nitrogens is 1. The quantitative estimate of drug-likeness (QED) is 0.547. The number of carbonyl (C=O) groups excluding carboxylic acids is 1. The zero-order valence-corrected chi connectivity index (χ0v) is 12.1. The van der Waals surface area contributed by atoms with Crippen LogP contribution in [-0.4, -0.2) is 10.4 Å². The molecule has 0 saturated heterocycles. The summed E-state index contributed by atoms with van der Waals surface area (Å²) in [6.07, 6.45) is 0. The van der Waals surface area contributed by atoms with E-state index < -0.39 is 0 Å². The Hall–Kier alpha value is -2.88. The normalized spacial score (nSPS) is 12.4. The van der Waals surface area contributed by atoms with Gasteiger partial charge in [0.25, 0.3) is 5.56 Å². The number of hydrogen-bond donors (Lipinski definition) is 1. The topological polar surface area (TPSA) is 51.1 Å². The average Bonchev–Trinajstić information content (AvgIpc) is 2.53. The standard InChI is InChI=1S/C18H14N2O2/c1-11(21)16-13-7-3-4-8-14(13)18(22)20-10-12-6-2-5-9-15(12)19-17(16)20/h2-9,19H,10H2,1H3. The second-order valence-electron chi connectivity index (χ2n) is 5.50. The second kappa shape index (κ2) is 4.56. The number of Topliss-reactive ketones (excluding diaryl/α,β-unsaturated/α-hetero) is 1. The molecule has 0 unspecified atom stereocenters. The number of nitrogens with one attached hydrogen (secondary N) is 1. The highest BCUT2D eigenvalue weighted by atomic mass is 16.1. The Kier molecular flexibility index (Phi) is 2.66. The van der Waals surface area contributed by atoms with Crippen molar-refractivity contribution in [3.05, 3.63) is 70.0 Å². The SMILES string of the molecule is CC(=O)c1c2n(c(=O)c3ccccc13)Cc1ccccc1N2. The van der Waals surface area contributed by atoms with Gasteiger partial charge in [-0.3, -0.25) is 14.2 Å². The molecule has 1 aliphatic heterocycles. The van der Waals surface area contributed by atoms with Crippen molar-refractivity contribution in [2.75, 3.05) is 5.32 Å². The lowest BCUT2D eigenvalue weighted by Crippen LogP contribution is -2.29. The third-order valence-electron chi connectivity index (χ3n) is 4.13. The van der Waals surface area contributed by atoms with E-state index >= 15 is 0 Å². The van der Waals surface area contributed by atoms with Gasteiger partial charge in [0.05, 0.1) is 12.1 Å². The van der Waals surface area contributed by atoms with Gasteiger partial charge in [-0.05, 0) is 24.6 Å². The largest absolute Gasteiger partial charge is 0.341 e. The number of rotatable bonds is 1. The summed E-state index contributed by atoms with van der Waals surface area (Å²) in [4.78, 5) is 25.0. The number of hydrogen-bond acceptors (Lipinski definition) is 3. The molecule has 0 radical (unpaired) electrons. The molecular formula is C18H14N2O2. The van der Waals surface area contributed by atoms with Crippen molar-refractivity contribution in [3.8, 4) is 0 Å². The molecule has 1 N–H and O–H groups in total. The Morgan fingerprint density at radius 3 is 2.50 bits per heavy atom. The van der Waals surface area contributed by atoms with Crippen LogP contribution in [0.15, 0.2) is 53.3 Å². The summed E-state index contributed by atoms with van der Waals surface area (Å²) in [5.41, 5.74) is 2.49. The van der Waals surface area contributed by atoms with Crippen molar-refractivity contribution in [3.63, 3.8) is 0 Å². The van der Waals surface area contributed by atoms with Crippen LogP contribution in [0.3, 0.4) is 0 Å². The van der Waals surface area contributed by atoms with Crippen molar-refractivity contribution >= 4 is 28.1 Å². The van der Waals surface area contributed by atoms with E-state index in [1.807, 2.05) is 42.5 Å². The first-order valence-corrected chi connectivity index (χ1v) is 7.18. The summed E-state index contributed by atoms with van der Waals surface area (Å²) in [6, 6.07) is 15.1. The number of pyridine rings is 1. The highest BCUT2D eigenvalue weighted by Crippen LogP contribution is 2.32. The monoisotopic (exact) mass is 290 g/mol. The van der Waals surface area contributed by atoms with Crippen LogP contribution in [0.1, 0.15) is 22.8 Å². The molecule has 0 bridgehead atoms. The van der Waals surface area contributed by atoms with Gasteiger partial charge in [0.2, 0.25) is 0 Å². The van der Waals surface area contributed by atoms with Gasteiger partial charge in [-0.2, -0.15) is 0 Å². The minimum atomic E-state index is -0.0717. The molecule has 4 nitrogen and oxygen atoms in total. The smallest absolute Gasteiger partial charge is 0.260 e. The Labute approximate surface area is 127 Å². The highest BCUT2D eigenvalue weighted by Gasteiger charge is 2.23. The molecule has 22 heavy (non-hydrogen) atoms. The van der Waals surface area contributed by atoms with Crippen LogP contribution in [0.2, 0.25) is 0 Å². The third kappa shape index (κ3) is 1.70. The summed E-state index contributed by atoms with van der Waals surface area (Å²) < 4.78 is 1.65. The van der Waals surface area contributed by atoms with Gasteiger partial charge in [0.1, 0.15) is 5.82 Å². The van der Waals surface area contributed by atoms with Crippen LogP contribution in [0.4, 0.5) is 11.5 Å². The van der Waals surface area contributed by atoms with Gasteiger partial charge in [-0.15, -0.1) is 0 Å². The van der Waals surface area contributed by atoms with Crippen LogP contribution in [0.5, 0.6) is 0 Å². The van der Waals surface area contributed by atoms with Crippen molar-refractivity contribution in [1.82, 2.24) is 4.57 Å². The number of nitrogens with zero attached hydrogens (tertiary/aromatic N) is 1. The molecule has 1 aliphatic rings. The fourth-order valence-corrected chi connectivity index (χ4v) is 3.11.